The summed E-state index contributed by atoms with van der Waals surface area (Å²) >= 11 is 6.28. The molecule has 0 radical (unpaired) electrons. The fourth-order valence-corrected chi connectivity index (χ4v) is 3.78. The van der Waals surface area contributed by atoms with Crippen molar-refractivity contribution in [3.05, 3.63) is 52.8 Å². The molecule has 3 rings (SSSR count). The number of hydrogen-bond acceptors (Lipinski definition) is 6. The van der Waals surface area contributed by atoms with Gasteiger partial charge in [-0.1, -0.05) is 11.6 Å². The largest absolute Gasteiger partial charge is 0.493 e. The van der Waals surface area contributed by atoms with Crippen molar-refractivity contribution in [2.45, 2.75) is 19.1 Å². The maximum absolute atomic E-state index is 10.7. The van der Waals surface area contributed by atoms with Crippen molar-refractivity contribution in [2.75, 3.05) is 26.8 Å². The number of methoxy groups -OCH3 is 1. The highest BCUT2D eigenvalue weighted by Gasteiger charge is 2.31. The van der Waals surface area contributed by atoms with Crippen molar-refractivity contribution < 1.29 is 24.5 Å². The number of aliphatic hydroxyl groups excluding tert-OH is 1. The number of carboxylic acids is 1. The van der Waals surface area contributed by atoms with Gasteiger partial charge < -0.3 is 19.7 Å². The van der Waals surface area contributed by atoms with Crippen molar-refractivity contribution in [2.24, 2.45) is 5.92 Å². The molecule has 1 aromatic carbocycles. The van der Waals surface area contributed by atoms with Crippen molar-refractivity contribution in [3.8, 4) is 11.5 Å². The van der Waals surface area contributed by atoms with E-state index < -0.39 is 18.7 Å². The zero-order valence-electron chi connectivity index (χ0n) is 15.5. The molecule has 2 heterocycles. The molecule has 1 aliphatic rings. The summed E-state index contributed by atoms with van der Waals surface area (Å²) in [7, 11) is 1.48. The summed E-state index contributed by atoms with van der Waals surface area (Å²) in [5.41, 5.74) is 2.06. The van der Waals surface area contributed by atoms with Gasteiger partial charge >= 0.3 is 5.97 Å². The molecular weight excluding hydrogens is 384 g/mol. The highest BCUT2D eigenvalue weighted by atomic mass is 35.5. The summed E-state index contributed by atoms with van der Waals surface area (Å²) in [6, 6.07) is 7.46. The molecule has 0 amide bonds. The van der Waals surface area contributed by atoms with Gasteiger partial charge in [0.15, 0.2) is 18.1 Å². The van der Waals surface area contributed by atoms with Crippen LogP contribution in [0, 0.1) is 5.92 Å². The number of hydrogen-bond donors (Lipinski definition) is 2. The highest BCUT2D eigenvalue weighted by molar-refractivity contribution is 6.32. The Labute approximate surface area is 168 Å². The molecular formula is C20H23ClN2O5. The number of carbonyl (C=O) groups is 1. The maximum atomic E-state index is 10.7. The number of aromatic nitrogens is 1. The van der Waals surface area contributed by atoms with E-state index in [1.54, 1.807) is 24.5 Å². The molecule has 1 aliphatic heterocycles. The van der Waals surface area contributed by atoms with Crippen molar-refractivity contribution in [1.82, 2.24) is 9.88 Å². The van der Waals surface area contributed by atoms with Crippen LogP contribution < -0.4 is 9.47 Å². The van der Waals surface area contributed by atoms with Crippen LogP contribution in [0.15, 0.2) is 36.7 Å². The first-order chi connectivity index (χ1) is 13.5. The van der Waals surface area contributed by atoms with Crippen LogP contribution in [0.1, 0.15) is 11.1 Å². The van der Waals surface area contributed by atoms with E-state index in [2.05, 4.69) is 9.88 Å². The van der Waals surface area contributed by atoms with Gasteiger partial charge in [-0.25, -0.2) is 4.79 Å². The molecule has 0 spiro atoms. The maximum Gasteiger partial charge on any atom is 0.341 e. The smallest absolute Gasteiger partial charge is 0.341 e. The van der Waals surface area contributed by atoms with E-state index >= 15 is 0 Å². The van der Waals surface area contributed by atoms with Crippen LogP contribution in [0.2, 0.25) is 5.02 Å². The Bertz CT molecular complexity index is 818. The van der Waals surface area contributed by atoms with Gasteiger partial charge in [0.05, 0.1) is 18.2 Å². The van der Waals surface area contributed by atoms with Crippen molar-refractivity contribution in [3.63, 3.8) is 0 Å². The van der Waals surface area contributed by atoms with Crippen molar-refractivity contribution >= 4 is 17.6 Å². The average molecular weight is 407 g/mol. The summed E-state index contributed by atoms with van der Waals surface area (Å²) in [6.07, 6.45) is 3.92. The molecule has 0 aliphatic carbocycles. The number of ether oxygens (including phenoxy) is 2. The number of aliphatic hydroxyl groups is 1. The van der Waals surface area contributed by atoms with Crippen LogP contribution >= 0.6 is 11.6 Å². The van der Waals surface area contributed by atoms with Crippen LogP contribution in [0.3, 0.4) is 0 Å². The van der Waals surface area contributed by atoms with E-state index in [-0.39, 0.29) is 11.7 Å². The Hall–Kier alpha value is -2.35. The van der Waals surface area contributed by atoms with E-state index in [0.717, 1.165) is 24.1 Å². The lowest BCUT2D eigenvalue weighted by Gasteiger charge is -2.18. The molecule has 28 heavy (non-hydrogen) atoms. The number of pyridine rings is 1. The third-order valence-corrected chi connectivity index (χ3v) is 5.05. The van der Waals surface area contributed by atoms with Gasteiger partial charge in [-0.2, -0.15) is 0 Å². The number of carboxylic acid groups (broad SMARTS) is 1. The summed E-state index contributed by atoms with van der Waals surface area (Å²) in [5.74, 6) is -0.337. The number of benzene rings is 1. The first-order valence-corrected chi connectivity index (χ1v) is 9.34. The summed E-state index contributed by atoms with van der Waals surface area (Å²) in [4.78, 5) is 16.9. The van der Waals surface area contributed by atoms with Gasteiger partial charge in [-0.05, 0) is 41.8 Å². The van der Waals surface area contributed by atoms with Crippen LogP contribution in [0.4, 0.5) is 0 Å². The molecule has 0 unspecified atom stereocenters. The van der Waals surface area contributed by atoms with E-state index in [1.807, 2.05) is 12.1 Å². The predicted molar refractivity (Wildman–Crippen MR) is 104 cm³/mol. The second-order valence-electron chi connectivity index (χ2n) is 6.87. The zero-order chi connectivity index (χ0) is 20.1. The van der Waals surface area contributed by atoms with E-state index in [1.165, 1.54) is 7.11 Å². The van der Waals surface area contributed by atoms with Gasteiger partial charge in [0.2, 0.25) is 0 Å². The minimum absolute atomic E-state index is 0.151. The van der Waals surface area contributed by atoms with Crippen LogP contribution in [-0.4, -0.2) is 59.0 Å². The summed E-state index contributed by atoms with van der Waals surface area (Å²) < 4.78 is 10.5. The third-order valence-electron chi connectivity index (χ3n) is 4.76. The van der Waals surface area contributed by atoms with Crippen molar-refractivity contribution in [1.29, 1.82) is 0 Å². The first-order valence-electron chi connectivity index (χ1n) is 8.96. The molecule has 8 heteroatoms. The number of β-amino-alcohol motifs (C(OH)–C–C–N with tert-alkyl or cyclic N) is 1. The Kier molecular flexibility index (Phi) is 6.72. The standard InChI is InChI=1S/C20H23ClN2O5/c1-27-18-8-14(7-16(21)20(18)28-12-19(25)26)9-23-10-15(17(24)11-23)6-13-2-4-22-5-3-13/h2-5,7-8,15,17,24H,6,9-12H2,1H3,(H,25,26)/t15-,17+/m1/s1. The SMILES string of the molecule is COc1cc(CN2C[C@@H](Cc3ccncc3)[C@@H](O)C2)cc(Cl)c1OCC(=O)O. The third kappa shape index (κ3) is 5.13. The lowest BCUT2D eigenvalue weighted by atomic mass is 9.97. The fraction of sp³-hybridized carbons (Fsp3) is 0.400. The Morgan fingerprint density at radius 3 is 2.71 bits per heavy atom. The first kappa shape index (κ1) is 20.4. The van der Waals surface area contributed by atoms with E-state index in [0.29, 0.717) is 23.9 Å². The molecule has 7 nitrogen and oxygen atoms in total. The Morgan fingerprint density at radius 2 is 2.04 bits per heavy atom. The van der Waals surface area contributed by atoms with Gasteiger partial charge in [-0.3, -0.25) is 9.88 Å². The topological polar surface area (TPSA) is 92.1 Å². The number of rotatable bonds is 8. The molecule has 2 aromatic rings. The minimum Gasteiger partial charge on any atom is -0.493 e. The molecule has 1 saturated heterocycles. The molecule has 0 bridgehead atoms. The van der Waals surface area contributed by atoms with Gasteiger partial charge in [-0.15, -0.1) is 0 Å². The second kappa shape index (κ2) is 9.23. The van der Waals surface area contributed by atoms with Gasteiger partial charge in [0.1, 0.15) is 0 Å². The van der Waals surface area contributed by atoms with Crippen LogP contribution in [0.25, 0.3) is 0 Å². The molecule has 2 atom stereocenters. The summed E-state index contributed by atoms with van der Waals surface area (Å²) in [5, 5.41) is 19.5. The lowest BCUT2D eigenvalue weighted by molar-refractivity contribution is -0.139. The molecule has 150 valence electrons. The van der Waals surface area contributed by atoms with Gasteiger partial charge in [0, 0.05) is 37.9 Å². The van der Waals surface area contributed by atoms with Crippen LogP contribution in [-0.2, 0) is 17.8 Å². The number of likely N-dealkylation sites (tertiary alicyclic amines) is 1. The molecule has 1 fully saturated rings. The predicted octanol–water partition coefficient (Wildman–Crippen LogP) is 2.24. The number of aliphatic carboxylic acids is 1. The molecule has 1 aromatic heterocycles. The van der Waals surface area contributed by atoms with E-state index in [4.69, 9.17) is 26.2 Å². The number of nitrogens with zero attached hydrogens (tertiary/aromatic N) is 2. The molecule has 0 saturated carbocycles. The monoisotopic (exact) mass is 406 g/mol. The quantitative estimate of drug-likeness (QED) is 0.694. The molecule has 2 N–H and O–H groups in total. The second-order valence-corrected chi connectivity index (χ2v) is 7.28. The highest BCUT2D eigenvalue weighted by Crippen LogP contribution is 2.37. The Morgan fingerprint density at radius 1 is 1.29 bits per heavy atom. The minimum atomic E-state index is -1.09. The fourth-order valence-electron chi connectivity index (χ4n) is 3.49. The number of halogens is 1. The van der Waals surface area contributed by atoms with E-state index in [9.17, 15) is 9.90 Å². The summed E-state index contributed by atoms with van der Waals surface area (Å²) in [6.45, 7) is 1.44. The van der Waals surface area contributed by atoms with Gasteiger partial charge in [0.25, 0.3) is 0 Å². The lowest BCUT2D eigenvalue weighted by Crippen LogP contribution is -2.21. The van der Waals surface area contributed by atoms with Crippen LogP contribution in [0.5, 0.6) is 11.5 Å². The average Bonchev–Trinajstić information content (AvgIpc) is 3.00. The normalized spacial score (nSPS) is 19.5. The zero-order valence-corrected chi connectivity index (χ0v) is 16.3. The Balaban J connectivity index is 1.66.